The molecule has 34 heavy (non-hydrogen) atoms. The number of amides is 1. The van der Waals surface area contributed by atoms with E-state index in [9.17, 15) is 13.6 Å². The van der Waals surface area contributed by atoms with E-state index in [1.165, 1.54) is 18.5 Å². The number of anilines is 2. The molecule has 5 heterocycles. The molecule has 176 valence electrons. The fourth-order valence-corrected chi connectivity index (χ4v) is 4.41. The standard InChI is InChI=1S/C23H23F2N7O2/c1-34-7-5-14-4-6-31(11-14)15-2-3-20-29-23(30-32(20)12-15)18-10-27-21(22(24)25)17-9-26-19(28-13-33)8-16(17)18/h2-3,8-10,12-14,22H,4-7,11H2,1H3,(H,26,28,33). The summed E-state index contributed by atoms with van der Waals surface area (Å²) in [5, 5.41) is 7.67. The Morgan fingerprint density at radius 2 is 2.15 bits per heavy atom. The third kappa shape index (κ3) is 4.14. The van der Waals surface area contributed by atoms with E-state index >= 15 is 0 Å². The average Bonchev–Trinajstić information content (AvgIpc) is 3.48. The zero-order valence-corrected chi connectivity index (χ0v) is 18.5. The Kier molecular flexibility index (Phi) is 6.01. The molecule has 0 aliphatic carbocycles. The van der Waals surface area contributed by atoms with E-state index in [4.69, 9.17) is 4.74 Å². The molecule has 1 amide bonds. The Hall–Kier alpha value is -3.73. The number of methoxy groups -OCH3 is 1. The highest BCUT2D eigenvalue weighted by atomic mass is 19.3. The molecular weight excluding hydrogens is 444 g/mol. The molecule has 1 unspecified atom stereocenters. The summed E-state index contributed by atoms with van der Waals surface area (Å²) in [4.78, 5) is 25.7. The van der Waals surface area contributed by atoms with Crippen molar-refractivity contribution in [2.24, 2.45) is 5.92 Å². The zero-order chi connectivity index (χ0) is 23.7. The van der Waals surface area contributed by atoms with Gasteiger partial charge in [-0.2, -0.15) is 0 Å². The fourth-order valence-electron chi connectivity index (χ4n) is 4.41. The van der Waals surface area contributed by atoms with Crippen LogP contribution >= 0.6 is 0 Å². The van der Waals surface area contributed by atoms with E-state index in [-0.39, 0.29) is 16.9 Å². The third-order valence-electron chi connectivity index (χ3n) is 6.15. The summed E-state index contributed by atoms with van der Waals surface area (Å²) in [5.41, 5.74) is 1.76. The smallest absolute Gasteiger partial charge is 0.281 e. The Labute approximate surface area is 193 Å². The Morgan fingerprint density at radius 3 is 2.94 bits per heavy atom. The van der Waals surface area contributed by atoms with Crippen LogP contribution < -0.4 is 10.2 Å². The highest BCUT2D eigenvalue weighted by Gasteiger charge is 2.23. The topological polar surface area (TPSA) is 97.5 Å². The lowest BCUT2D eigenvalue weighted by Crippen LogP contribution is -2.20. The number of fused-ring (bicyclic) bond motifs is 2. The number of nitrogens with one attached hydrogen (secondary N) is 1. The molecule has 0 saturated carbocycles. The highest BCUT2D eigenvalue weighted by Crippen LogP contribution is 2.33. The molecule has 1 aliphatic heterocycles. The van der Waals surface area contributed by atoms with E-state index < -0.39 is 6.43 Å². The maximum atomic E-state index is 13.5. The molecule has 1 N–H and O–H groups in total. The molecule has 1 atom stereocenters. The van der Waals surface area contributed by atoms with Crippen molar-refractivity contribution in [2.75, 3.05) is 37.0 Å². The average molecular weight is 467 g/mol. The van der Waals surface area contributed by atoms with Crippen LogP contribution in [0.15, 0.2) is 36.8 Å². The van der Waals surface area contributed by atoms with Gasteiger partial charge in [0.2, 0.25) is 6.41 Å². The summed E-state index contributed by atoms with van der Waals surface area (Å²) < 4.78 is 33.9. The number of pyridine rings is 3. The minimum absolute atomic E-state index is 0.183. The van der Waals surface area contributed by atoms with Crippen LogP contribution in [0.5, 0.6) is 0 Å². The minimum Gasteiger partial charge on any atom is -0.385 e. The predicted octanol–water partition coefficient (Wildman–Crippen LogP) is 3.71. The molecule has 0 radical (unpaired) electrons. The van der Waals surface area contributed by atoms with E-state index in [0.717, 1.165) is 38.2 Å². The van der Waals surface area contributed by atoms with Gasteiger partial charge < -0.3 is 15.0 Å². The molecule has 0 bridgehead atoms. The van der Waals surface area contributed by atoms with Crippen molar-refractivity contribution >= 4 is 34.3 Å². The van der Waals surface area contributed by atoms with Gasteiger partial charge in [-0.1, -0.05) is 0 Å². The van der Waals surface area contributed by atoms with E-state index in [0.29, 0.717) is 34.7 Å². The number of alkyl halides is 2. The van der Waals surface area contributed by atoms with Crippen LogP contribution in [0.1, 0.15) is 25.0 Å². The first-order chi connectivity index (χ1) is 16.6. The van der Waals surface area contributed by atoms with Crippen molar-refractivity contribution < 1.29 is 18.3 Å². The molecule has 9 nitrogen and oxygen atoms in total. The first-order valence-corrected chi connectivity index (χ1v) is 10.9. The second-order valence-electron chi connectivity index (χ2n) is 8.24. The van der Waals surface area contributed by atoms with Crippen LogP contribution in [-0.4, -0.2) is 57.8 Å². The van der Waals surface area contributed by atoms with Crippen molar-refractivity contribution in [2.45, 2.75) is 19.3 Å². The number of ether oxygens (including phenoxy) is 1. The Morgan fingerprint density at radius 1 is 1.26 bits per heavy atom. The van der Waals surface area contributed by atoms with Crippen molar-refractivity contribution in [3.63, 3.8) is 0 Å². The number of carbonyl (C=O) groups is 1. The number of carbonyl (C=O) groups excluding carboxylic acids is 1. The Bertz CT molecular complexity index is 1340. The molecular formula is C23H23F2N7O2. The summed E-state index contributed by atoms with van der Waals surface area (Å²) in [6, 6.07) is 5.42. The summed E-state index contributed by atoms with van der Waals surface area (Å²) in [6.45, 7) is 2.68. The number of hydrogen-bond acceptors (Lipinski definition) is 7. The molecule has 0 spiro atoms. The number of aromatic nitrogens is 5. The van der Waals surface area contributed by atoms with Crippen molar-refractivity contribution in [3.05, 3.63) is 42.5 Å². The zero-order valence-electron chi connectivity index (χ0n) is 18.5. The third-order valence-corrected chi connectivity index (χ3v) is 6.15. The summed E-state index contributed by atoms with van der Waals surface area (Å²) >= 11 is 0. The second kappa shape index (κ2) is 9.26. The molecule has 5 rings (SSSR count). The number of rotatable bonds is 8. The van der Waals surface area contributed by atoms with Gasteiger partial charge in [-0.3, -0.25) is 9.78 Å². The van der Waals surface area contributed by atoms with Crippen LogP contribution in [0, 0.1) is 5.92 Å². The first-order valence-electron chi connectivity index (χ1n) is 10.9. The van der Waals surface area contributed by atoms with Crippen molar-refractivity contribution in [1.82, 2.24) is 24.6 Å². The number of nitrogens with zero attached hydrogens (tertiary/aromatic N) is 6. The Balaban J connectivity index is 1.52. The normalized spacial score (nSPS) is 16.1. The van der Waals surface area contributed by atoms with Gasteiger partial charge in [0.15, 0.2) is 11.5 Å². The fraction of sp³-hybridized carbons (Fsp3) is 0.348. The van der Waals surface area contributed by atoms with Gasteiger partial charge in [-0.25, -0.2) is 23.3 Å². The van der Waals surface area contributed by atoms with E-state index in [1.807, 2.05) is 18.3 Å². The quantitative estimate of drug-likeness (QED) is 0.395. The van der Waals surface area contributed by atoms with Crippen LogP contribution in [0.2, 0.25) is 0 Å². The SMILES string of the molecule is COCCC1CCN(c2ccc3nc(-c4cnc(C(F)F)c5cnc(NC=O)cc45)nn3c2)C1. The molecule has 1 fully saturated rings. The molecule has 0 aromatic carbocycles. The summed E-state index contributed by atoms with van der Waals surface area (Å²) in [6.07, 6.45) is 4.40. The maximum Gasteiger partial charge on any atom is 0.281 e. The largest absolute Gasteiger partial charge is 0.385 e. The van der Waals surface area contributed by atoms with E-state index in [2.05, 4.69) is 30.3 Å². The molecule has 11 heteroatoms. The summed E-state index contributed by atoms with van der Waals surface area (Å²) in [5.74, 6) is 1.17. The van der Waals surface area contributed by atoms with Gasteiger partial charge in [0, 0.05) is 55.5 Å². The molecule has 1 saturated heterocycles. The first kappa shape index (κ1) is 22.1. The lowest BCUT2D eigenvalue weighted by molar-refractivity contribution is -0.105. The molecule has 4 aromatic rings. The van der Waals surface area contributed by atoms with Gasteiger partial charge >= 0.3 is 0 Å². The van der Waals surface area contributed by atoms with Crippen LogP contribution in [0.4, 0.5) is 20.3 Å². The minimum atomic E-state index is -2.77. The van der Waals surface area contributed by atoms with E-state index in [1.54, 1.807) is 11.6 Å². The summed E-state index contributed by atoms with van der Waals surface area (Å²) in [7, 11) is 1.72. The van der Waals surface area contributed by atoms with Crippen molar-refractivity contribution in [1.29, 1.82) is 0 Å². The monoisotopic (exact) mass is 467 g/mol. The molecule has 1 aliphatic rings. The maximum absolute atomic E-state index is 13.5. The van der Waals surface area contributed by atoms with Crippen molar-refractivity contribution in [3.8, 4) is 11.4 Å². The number of hydrogen-bond donors (Lipinski definition) is 1. The van der Waals surface area contributed by atoms with Gasteiger partial charge in [0.1, 0.15) is 11.5 Å². The van der Waals surface area contributed by atoms with Gasteiger partial charge in [-0.15, -0.1) is 5.10 Å². The van der Waals surface area contributed by atoms with Gasteiger partial charge in [0.25, 0.3) is 6.43 Å². The highest BCUT2D eigenvalue weighted by molar-refractivity contribution is 5.97. The second-order valence-corrected chi connectivity index (χ2v) is 8.24. The van der Waals surface area contributed by atoms with Crippen LogP contribution in [-0.2, 0) is 9.53 Å². The predicted molar refractivity (Wildman–Crippen MR) is 123 cm³/mol. The van der Waals surface area contributed by atoms with Gasteiger partial charge in [0.05, 0.1) is 11.9 Å². The molecule has 4 aromatic heterocycles. The van der Waals surface area contributed by atoms with Crippen LogP contribution in [0.3, 0.4) is 0 Å². The lowest BCUT2D eigenvalue weighted by atomic mass is 10.1. The lowest BCUT2D eigenvalue weighted by Gasteiger charge is -2.18. The van der Waals surface area contributed by atoms with Crippen LogP contribution in [0.25, 0.3) is 27.8 Å². The van der Waals surface area contributed by atoms with Gasteiger partial charge in [-0.05, 0) is 37.0 Å². The number of halogens is 2.